The van der Waals surface area contributed by atoms with Crippen LogP contribution < -0.4 is 10.6 Å². The van der Waals surface area contributed by atoms with Gasteiger partial charge in [0.25, 0.3) is 0 Å². The zero-order valence-corrected chi connectivity index (χ0v) is 13.5. The van der Waals surface area contributed by atoms with Gasteiger partial charge in [0.15, 0.2) is 0 Å². The highest BCUT2D eigenvalue weighted by Gasteiger charge is 2.10. The number of pyridine rings is 1. The minimum atomic E-state index is 0.240. The molecule has 0 aliphatic heterocycles. The molecule has 2 aromatic rings. The van der Waals surface area contributed by atoms with E-state index in [2.05, 4.69) is 22.7 Å². The largest absolute Gasteiger partial charge is 0.508 e. The lowest BCUT2D eigenvalue weighted by Gasteiger charge is -2.04. The molecular formula is C17H22ClN3O. The molecular weight excluding hydrogens is 298 g/mol. The fourth-order valence-electron chi connectivity index (χ4n) is 2.36. The third kappa shape index (κ3) is 5.54. The summed E-state index contributed by atoms with van der Waals surface area (Å²) in [5.74, 6) is 0.953. The van der Waals surface area contributed by atoms with Gasteiger partial charge in [0, 0.05) is 17.9 Å². The summed E-state index contributed by atoms with van der Waals surface area (Å²) >= 11 is 5.71. The monoisotopic (exact) mass is 319 g/mol. The van der Waals surface area contributed by atoms with Crippen molar-refractivity contribution in [3.05, 3.63) is 47.6 Å². The Labute approximate surface area is 136 Å². The van der Waals surface area contributed by atoms with E-state index in [1.54, 1.807) is 42.6 Å². The Kier molecular flexibility index (Phi) is 6.49. The van der Waals surface area contributed by atoms with Crippen molar-refractivity contribution in [3.8, 4) is 5.75 Å². The van der Waals surface area contributed by atoms with E-state index in [1.807, 2.05) is 0 Å². The van der Waals surface area contributed by atoms with Crippen molar-refractivity contribution in [2.24, 2.45) is 0 Å². The summed E-state index contributed by atoms with van der Waals surface area (Å²) in [5.41, 5.74) is 0.864. The maximum absolute atomic E-state index is 9.10. The summed E-state index contributed by atoms with van der Waals surface area (Å²) in [6.45, 7) is 0. The molecule has 4 nitrogen and oxygen atoms in total. The molecule has 1 heterocycles. The van der Waals surface area contributed by atoms with Crippen LogP contribution in [0.1, 0.15) is 25.7 Å². The zero-order valence-electron chi connectivity index (χ0n) is 12.7. The van der Waals surface area contributed by atoms with Crippen molar-refractivity contribution in [1.29, 1.82) is 0 Å². The average Bonchev–Trinajstić information content (AvgIpc) is 3.06. The molecule has 1 aromatic carbocycles. The van der Waals surface area contributed by atoms with Crippen LogP contribution in [-0.4, -0.2) is 23.2 Å². The molecule has 0 atom stereocenters. The predicted octanol–water partition coefficient (Wildman–Crippen LogP) is 4.33. The topological polar surface area (TPSA) is 57.2 Å². The van der Waals surface area contributed by atoms with Gasteiger partial charge in [-0.25, -0.2) is 4.98 Å². The van der Waals surface area contributed by atoms with E-state index >= 15 is 0 Å². The molecule has 0 amide bonds. The molecule has 0 unspecified atom stereocenters. The van der Waals surface area contributed by atoms with Crippen molar-refractivity contribution >= 4 is 23.1 Å². The lowest BCUT2D eigenvalue weighted by molar-refractivity contribution is 0.475. The summed E-state index contributed by atoms with van der Waals surface area (Å²) in [5, 5.41) is 16.0. The van der Waals surface area contributed by atoms with Crippen molar-refractivity contribution in [2.45, 2.75) is 31.7 Å². The van der Waals surface area contributed by atoms with E-state index in [4.69, 9.17) is 16.7 Å². The number of phenolic OH excluding ortho intramolecular Hbond substituents is 1. The Morgan fingerprint density at radius 2 is 1.77 bits per heavy atom. The minimum Gasteiger partial charge on any atom is -0.508 e. The second-order valence-corrected chi connectivity index (χ2v) is 5.74. The third-order valence-electron chi connectivity index (χ3n) is 3.63. The van der Waals surface area contributed by atoms with Crippen molar-refractivity contribution < 1.29 is 5.11 Å². The van der Waals surface area contributed by atoms with Crippen molar-refractivity contribution in [3.63, 3.8) is 0 Å². The molecule has 0 bridgehead atoms. The molecule has 1 aromatic heterocycles. The molecule has 1 aliphatic rings. The molecule has 0 radical (unpaired) electrons. The minimum absolute atomic E-state index is 0.240. The van der Waals surface area contributed by atoms with Gasteiger partial charge in [0.1, 0.15) is 11.6 Å². The first-order valence-electron chi connectivity index (χ1n) is 7.52. The molecule has 1 fully saturated rings. The predicted molar refractivity (Wildman–Crippen MR) is 92.0 cm³/mol. The van der Waals surface area contributed by atoms with E-state index in [-0.39, 0.29) is 5.75 Å². The Morgan fingerprint density at radius 3 is 2.27 bits per heavy atom. The van der Waals surface area contributed by atoms with Crippen LogP contribution in [0.4, 0.5) is 11.5 Å². The third-order valence-corrected chi connectivity index (χ3v) is 3.85. The van der Waals surface area contributed by atoms with Gasteiger partial charge in [-0.15, -0.1) is 0 Å². The first kappa shape index (κ1) is 16.6. The number of hydrogen-bond donors (Lipinski definition) is 3. The zero-order chi connectivity index (χ0) is 15.8. The van der Waals surface area contributed by atoms with Gasteiger partial charge >= 0.3 is 0 Å². The fourth-order valence-corrected chi connectivity index (χ4v) is 2.47. The highest BCUT2D eigenvalue weighted by atomic mass is 35.5. The van der Waals surface area contributed by atoms with Crippen molar-refractivity contribution in [2.75, 3.05) is 12.4 Å². The van der Waals surface area contributed by atoms with E-state index in [0.29, 0.717) is 10.8 Å². The molecule has 1 saturated carbocycles. The van der Waals surface area contributed by atoms with Crippen LogP contribution >= 0.6 is 11.6 Å². The van der Waals surface area contributed by atoms with E-state index in [0.717, 1.165) is 11.7 Å². The number of nitrogens with one attached hydrogen (secondary N) is 2. The lowest BCUT2D eigenvalue weighted by Crippen LogP contribution is -2.20. The van der Waals surface area contributed by atoms with Crippen LogP contribution in [0.3, 0.4) is 0 Å². The molecule has 0 spiro atoms. The number of nitrogens with zero attached hydrogens (tertiary/aromatic N) is 1. The summed E-state index contributed by atoms with van der Waals surface area (Å²) in [4.78, 5) is 4.09. The van der Waals surface area contributed by atoms with Gasteiger partial charge in [-0.2, -0.15) is 0 Å². The van der Waals surface area contributed by atoms with Gasteiger partial charge < -0.3 is 15.7 Å². The number of benzene rings is 1. The SMILES string of the molecule is CNC1CCCC1.Oc1ccc(Nc2ccc(Cl)cn2)cc1. The van der Waals surface area contributed by atoms with Crippen LogP contribution in [0.15, 0.2) is 42.6 Å². The standard InChI is InChI=1S/C11H9ClN2O.C6H13N/c12-8-1-6-11(13-7-8)14-9-2-4-10(15)5-3-9;1-7-6-4-2-3-5-6/h1-7,15H,(H,13,14);6-7H,2-5H2,1H3. The Morgan fingerprint density at radius 1 is 1.09 bits per heavy atom. The maximum Gasteiger partial charge on any atom is 0.130 e. The van der Waals surface area contributed by atoms with Gasteiger partial charge in [0.05, 0.1) is 5.02 Å². The van der Waals surface area contributed by atoms with Gasteiger partial charge in [-0.1, -0.05) is 24.4 Å². The van der Waals surface area contributed by atoms with E-state index in [9.17, 15) is 0 Å². The Balaban J connectivity index is 0.000000211. The number of aromatic hydroxyl groups is 1. The Hall–Kier alpha value is -1.78. The number of halogens is 1. The average molecular weight is 320 g/mol. The van der Waals surface area contributed by atoms with E-state index in [1.165, 1.54) is 25.7 Å². The second kappa shape index (κ2) is 8.61. The summed E-state index contributed by atoms with van der Waals surface area (Å²) in [7, 11) is 2.05. The first-order valence-corrected chi connectivity index (χ1v) is 7.90. The Bertz CT molecular complexity index is 508. The highest BCUT2D eigenvalue weighted by Crippen LogP contribution is 2.18. The molecule has 0 saturated heterocycles. The van der Waals surface area contributed by atoms with Crippen LogP contribution in [0.5, 0.6) is 5.75 Å². The fraction of sp³-hybridized carbons (Fsp3) is 0.353. The van der Waals surface area contributed by atoms with Crippen LogP contribution in [-0.2, 0) is 0 Å². The number of anilines is 2. The quantitative estimate of drug-likeness (QED) is 0.737. The van der Waals surface area contributed by atoms with Crippen LogP contribution in [0.25, 0.3) is 0 Å². The summed E-state index contributed by atoms with van der Waals surface area (Å²) in [6.07, 6.45) is 7.24. The second-order valence-electron chi connectivity index (χ2n) is 5.30. The molecule has 1 aliphatic carbocycles. The van der Waals surface area contributed by atoms with Crippen LogP contribution in [0.2, 0.25) is 5.02 Å². The summed E-state index contributed by atoms with van der Waals surface area (Å²) in [6, 6.07) is 11.2. The highest BCUT2D eigenvalue weighted by molar-refractivity contribution is 6.30. The van der Waals surface area contributed by atoms with E-state index < -0.39 is 0 Å². The van der Waals surface area contributed by atoms with Crippen molar-refractivity contribution in [1.82, 2.24) is 10.3 Å². The van der Waals surface area contributed by atoms with Gasteiger partial charge in [0.2, 0.25) is 0 Å². The lowest BCUT2D eigenvalue weighted by atomic mass is 10.3. The van der Waals surface area contributed by atoms with Gasteiger partial charge in [-0.05, 0) is 56.3 Å². The summed E-state index contributed by atoms with van der Waals surface area (Å²) < 4.78 is 0. The van der Waals surface area contributed by atoms with Gasteiger partial charge in [-0.3, -0.25) is 0 Å². The molecule has 3 rings (SSSR count). The normalized spacial score (nSPS) is 14.3. The maximum atomic E-state index is 9.10. The number of aromatic nitrogens is 1. The molecule has 118 valence electrons. The van der Waals surface area contributed by atoms with Crippen LogP contribution in [0, 0.1) is 0 Å². The molecule has 5 heteroatoms. The number of rotatable bonds is 3. The molecule has 3 N–H and O–H groups in total. The number of phenols is 1. The number of hydrogen-bond acceptors (Lipinski definition) is 4. The first-order chi connectivity index (χ1) is 10.7. The smallest absolute Gasteiger partial charge is 0.130 e. The molecule has 22 heavy (non-hydrogen) atoms.